The molecule has 0 aliphatic heterocycles. The smallest absolute Gasteiger partial charge is 0.726 e. The van der Waals surface area contributed by atoms with Gasteiger partial charge in [-0.15, -0.1) is 0 Å². The Morgan fingerprint density at radius 3 is 1.94 bits per heavy atom. The summed E-state index contributed by atoms with van der Waals surface area (Å²) in [5.74, 6) is 0. The Labute approximate surface area is 122 Å². The van der Waals surface area contributed by atoms with Crippen molar-refractivity contribution >= 4 is 20.2 Å². The molecule has 0 aliphatic rings. The molecule has 0 atom stereocenters. The summed E-state index contributed by atoms with van der Waals surface area (Å²) in [7, 11) is -8.01. The molecule has 0 aliphatic carbocycles. The van der Waals surface area contributed by atoms with Gasteiger partial charge in [-0.2, -0.15) is 0 Å². The molecule has 0 heterocycles. The van der Waals surface area contributed by atoms with Crippen molar-refractivity contribution in [3.05, 3.63) is 29.8 Å². The zero-order valence-electron chi connectivity index (χ0n) is 9.28. The van der Waals surface area contributed by atoms with Crippen LogP contribution in [0.1, 0.15) is 5.56 Å². The van der Waals surface area contributed by atoms with Crippen LogP contribution in [0.2, 0.25) is 0 Å². The minimum atomic E-state index is -4.73. The van der Waals surface area contributed by atoms with Crippen LogP contribution >= 0.6 is 0 Å². The average Bonchev–Trinajstić information content (AvgIpc) is 2.13. The van der Waals surface area contributed by atoms with E-state index < -0.39 is 26.8 Å². The van der Waals surface area contributed by atoms with Gasteiger partial charge in [-0.05, 0) is 17.7 Å². The van der Waals surface area contributed by atoms with E-state index in [-0.39, 0.29) is 34.5 Å². The maximum absolute atomic E-state index is 11.1. The summed E-state index contributed by atoms with van der Waals surface area (Å²) >= 11 is 0. The number of hydrogen-bond acceptors (Lipinski definition) is 6. The summed E-state index contributed by atoms with van der Waals surface area (Å²) in [6, 6.07) is 5.38. The summed E-state index contributed by atoms with van der Waals surface area (Å²) in [6.07, 6.45) is 1.06. The molecule has 0 fully saturated rings. The first-order chi connectivity index (χ1) is 7.18. The van der Waals surface area contributed by atoms with Crippen LogP contribution in [0.25, 0.3) is 0 Å². The summed E-state index contributed by atoms with van der Waals surface area (Å²) in [4.78, 5) is 0.112. The molecule has 1 rings (SSSR count). The Balaban J connectivity index is 0.00000256. The number of hydrogen-bond donors (Lipinski definition) is 0. The van der Waals surface area contributed by atoms with Crippen LogP contribution in [-0.2, 0) is 31.0 Å². The molecule has 0 saturated heterocycles. The first-order valence-corrected chi connectivity index (χ1v) is 7.30. The molecular formula is C8H9NaO6S2. The molecule has 0 saturated carbocycles. The van der Waals surface area contributed by atoms with Gasteiger partial charge >= 0.3 is 29.6 Å². The van der Waals surface area contributed by atoms with Gasteiger partial charge < -0.3 is 4.55 Å². The van der Waals surface area contributed by atoms with Gasteiger partial charge in [-0.3, -0.25) is 4.18 Å². The Morgan fingerprint density at radius 2 is 1.59 bits per heavy atom. The van der Waals surface area contributed by atoms with Gasteiger partial charge in [0.15, 0.2) is 9.84 Å². The second-order valence-corrected chi connectivity index (χ2v) is 6.15. The van der Waals surface area contributed by atoms with Crippen molar-refractivity contribution in [1.82, 2.24) is 0 Å². The van der Waals surface area contributed by atoms with Crippen molar-refractivity contribution in [3.8, 4) is 0 Å². The van der Waals surface area contributed by atoms with Crippen LogP contribution in [0.15, 0.2) is 29.2 Å². The molecule has 9 heteroatoms. The quantitative estimate of drug-likeness (QED) is 0.334. The van der Waals surface area contributed by atoms with Crippen molar-refractivity contribution in [2.75, 3.05) is 6.26 Å². The summed E-state index contributed by atoms with van der Waals surface area (Å²) in [5, 5.41) is 0. The van der Waals surface area contributed by atoms with E-state index in [2.05, 4.69) is 4.18 Å². The van der Waals surface area contributed by atoms with Gasteiger partial charge in [0.2, 0.25) is 10.4 Å². The zero-order chi connectivity index (χ0) is 12.4. The SMILES string of the molecule is CS(=O)(=O)c1ccc(COS(=O)(=O)[O-])cc1.[Na+]. The third kappa shape index (κ3) is 6.51. The molecular weight excluding hydrogens is 279 g/mol. The van der Waals surface area contributed by atoms with Crippen molar-refractivity contribution < 1.29 is 55.1 Å². The number of sulfone groups is 1. The fourth-order valence-electron chi connectivity index (χ4n) is 0.973. The average molecular weight is 288 g/mol. The summed E-state index contributed by atoms with van der Waals surface area (Å²) in [5.41, 5.74) is 0.395. The van der Waals surface area contributed by atoms with Gasteiger partial charge in [0.1, 0.15) is 0 Å². The first-order valence-electron chi connectivity index (χ1n) is 4.08. The normalized spacial score (nSPS) is 11.9. The minimum absolute atomic E-state index is 0. The van der Waals surface area contributed by atoms with Crippen LogP contribution < -0.4 is 29.6 Å². The van der Waals surface area contributed by atoms with E-state index in [9.17, 15) is 21.4 Å². The van der Waals surface area contributed by atoms with E-state index in [1.807, 2.05) is 0 Å². The largest absolute Gasteiger partial charge is 1.00 e. The van der Waals surface area contributed by atoms with Crippen LogP contribution in [0.4, 0.5) is 0 Å². The molecule has 6 nitrogen and oxygen atoms in total. The van der Waals surface area contributed by atoms with E-state index in [0.29, 0.717) is 5.56 Å². The molecule has 0 aromatic heterocycles. The van der Waals surface area contributed by atoms with Crippen molar-refractivity contribution in [3.63, 3.8) is 0 Å². The topological polar surface area (TPSA) is 101 Å². The number of rotatable bonds is 4. The monoisotopic (exact) mass is 288 g/mol. The van der Waals surface area contributed by atoms with E-state index in [4.69, 9.17) is 0 Å². The van der Waals surface area contributed by atoms with E-state index in [0.717, 1.165) is 6.26 Å². The second-order valence-electron chi connectivity index (χ2n) is 3.09. The molecule has 1 aromatic rings. The summed E-state index contributed by atoms with van der Waals surface area (Å²) in [6.45, 7) is -0.407. The third-order valence-corrected chi connectivity index (χ3v) is 3.26. The van der Waals surface area contributed by atoms with Crippen LogP contribution in [0, 0.1) is 0 Å². The Bertz CT molecular complexity index is 561. The molecule has 90 valence electrons. The molecule has 0 amide bonds. The molecule has 0 N–H and O–H groups in total. The molecule has 0 radical (unpaired) electrons. The minimum Gasteiger partial charge on any atom is -0.726 e. The predicted octanol–water partition coefficient (Wildman–Crippen LogP) is -2.93. The van der Waals surface area contributed by atoms with E-state index in [1.165, 1.54) is 24.3 Å². The van der Waals surface area contributed by atoms with Crippen molar-refractivity contribution in [1.29, 1.82) is 0 Å². The Kier molecular flexibility index (Phi) is 6.29. The van der Waals surface area contributed by atoms with Crippen molar-refractivity contribution in [2.45, 2.75) is 11.5 Å². The van der Waals surface area contributed by atoms with Gasteiger partial charge in [-0.25, -0.2) is 16.8 Å². The Hall–Kier alpha value is 0.0400. The van der Waals surface area contributed by atoms with Gasteiger partial charge in [-0.1, -0.05) is 12.1 Å². The zero-order valence-corrected chi connectivity index (χ0v) is 12.9. The van der Waals surface area contributed by atoms with E-state index in [1.54, 1.807) is 0 Å². The molecule has 17 heavy (non-hydrogen) atoms. The van der Waals surface area contributed by atoms with E-state index >= 15 is 0 Å². The maximum Gasteiger partial charge on any atom is 1.00 e. The van der Waals surface area contributed by atoms with Crippen molar-refractivity contribution in [2.24, 2.45) is 0 Å². The maximum atomic E-state index is 11.1. The second kappa shape index (κ2) is 6.28. The molecule has 1 aromatic carbocycles. The van der Waals surface area contributed by atoms with Gasteiger partial charge in [0.25, 0.3) is 0 Å². The summed E-state index contributed by atoms with van der Waals surface area (Å²) < 4.78 is 56.6. The fourth-order valence-corrected chi connectivity index (χ4v) is 1.88. The molecule has 0 unspecified atom stereocenters. The first kappa shape index (κ1) is 17.0. The predicted molar refractivity (Wildman–Crippen MR) is 54.0 cm³/mol. The fraction of sp³-hybridized carbons (Fsp3) is 0.250. The standard InChI is InChI=1S/C8H10O6S2.Na/c1-15(9,10)8-4-2-7(3-5-8)6-14-16(11,12)13;/h2-5H,6H2,1H3,(H,11,12,13);/q;+1/p-1. The molecule has 0 bridgehead atoms. The van der Waals surface area contributed by atoms with Crippen LogP contribution in [0.3, 0.4) is 0 Å². The van der Waals surface area contributed by atoms with Crippen LogP contribution in [-0.4, -0.2) is 27.6 Å². The van der Waals surface area contributed by atoms with Crippen LogP contribution in [0.5, 0.6) is 0 Å². The van der Waals surface area contributed by atoms with Gasteiger partial charge in [0, 0.05) is 6.26 Å². The Morgan fingerprint density at radius 1 is 1.12 bits per heavy atom. The molecule has 0 spiro atoms. The number of benzene rings is 1. The third-order valence-electron chi connectivity index (χ3n) is 1.72. The van der Waals surface area contributed by atoms with Gasteiger partial charge in [0.05, 0.1) is 11.5 Å².